The second kappa shape index (κ2) is 73.8. The predicted octanol–water partition coefficient (Wildman–Crippen LogP) is 18.0. The number of hydrogen-bond donors (Lipinski definition) is 12. The molecule has 19 heteroatoms. The summed E-state index contributed by atoms with van der Waals surface area (Å²) in [5, 5.41) is 121. The van der Waals surface area contributed by atoms with E-state index in [0.717, 1.165) is 135 Å². The predicted molar refractivity (Wildman–Crippen MR) is 466 cm³/mol. The minimum absolute atomic E-state index is 0.226. The monoisotopic (exact) mass is 1620 g/mol. The van der Waals surface area contributed by atoms with Gasteiger partial charge in [0, 0.05) is 6.42 Å². The summed E-state index contributed by atoms with van der Waals surface area (Å²) in [6.07, 6.45) is 80.2. The number of ether oxygens (including phenoxy) is 6. The molecule has 3 aliphatic rings. The highest BCUT2D eigenvalue weighted by Gasteiger charge is 2.54. The molecule has 3 heterocycles. The Hall–Kier alpha value is -4.07. The van der Waals surface area contributed by atoms with E-state index >= 15 is 0 Å². The zero-order chi connectivity index (χ0) is 83.1. The molecular formula is C96H165NO18. The molecule has 0 bridgehead atoms. The van der Waals surface area contributed by atoms with E-state index in [2.05, 4.69) is 141 Å². The number of nitrogens with one attached hydrogen (secondary N) is 1. The normalized spacial score (nSPS) is 25.2. The van der Waals surface area contributed by atoms with Crippen molar-refractivity contribution in [2.24, 2.45) is 0 Å². The number of allylic oxidation sites excluding steroid dienone is 21. The fraction of sp³-hybridized carbons (Fsp3) is 0.760. The third-order valence-corrected chi connectivity index (χ3v) is 22.0. The van der Waals surface area contributed by atoms with Crippen LogP contribution in [0.25, 0.3) is 0 Å². The molecule has 3 aliphatic heterocycles. The molecule has 17 atom stereocenters. The first-order chi connectivity index (χ1) is 56.3. The van der Waals surface area contributed by atoms with Gasteiger partial charge in [-0.3, -0.25) is 4.79 Å². The number of carbonyl (C=O) groups is 1. The SMILES string of the molecule is CC/C=C\C/C=C\C/C=C\C/C=C\C/C=C\C/C=C\C/C=C\C/C=C\C/C=C\C/C=C\CCCCCCCCCCC(=O)NC(COC1OC(CO)C(OC2OC(CO)C(OC3OC(CO)C(O)C(O)C3O)C(O)C2O)C(O)C1O)C(O)/C=C/CCCCCCCCCCCCCCCCCCCCCCCCCCCCCCC. The number of aliphatic hydroxyl groups excluding tert-OH is 11. The highest BCUT2D eigenvalue weighted by Crippen LogP contribution is 2.33. The third-order valence-electron chi connectivity index (χ3n) is 22.0. The van der Waals surface area contributed by atoms with Gasteiger partial charge in [-0.2, -0.15) is 0 Å². The number of amides is 1. The Bertz CT molecular complexity index is 2600. The molecule has 0 aliphatic carbocycles. The summed E-state index contributed by atoms with van der Waals surface area (Å²) < 4.78 is 34.5. The summed E-state index contributed by atoms with van der Waals surface area (Å²) >= 11 is 0. The Balaban J connectivity index is 1.34. The van der Waals surface area contributed by atoms with Crippen LogP contribution in [0.4, 0.5) is 0 Å². The van der Waals surface area contributed by atoms with Crippen LogP contribution in [0.1, 0.15) is 335 Å². The van der Waals surface area contributed by atoms with Crippen LogP contribution in [0.5, 0.6) is 0 Å². The van der Waals surface area contributed by atoms with Crippen molar-refractivity contribution >= 4 is 5.91 Å². The molecular weight excluding hydrogens is 1460 g/mol. The van der Waals surface area contributed by atoms with Gasteiger partial charge in [-0.05, 0) is 96.3 Å². The topological polar surface area (TPSA) is 307 Å². The summed E-state index contributed by atoms with van der Waals surface area (Å²) in [6, 6.07) is -0.990. The molecule has 0 aromatic heterocycles. The van der Waals surface area contributed by atoms with Crippen LogP contribution >= 0.6 is 0 Å². The van der Waals surface area contributed by atoms with Crippen molar-refractivity contribution in [2.75, 3.05) is 26.4 Å². The summed E-state index contributed by atoms with van der Waals surface area (Å²) in [6.45, 7) is 1.65. The Kier molecular flexibility index (Phi) is 67.5. The summed E-state index contributed by atoms with van der Waals surface area (Å²) in [4.78, 5) is 13.5. The van der Waals surface area contributed by atoms with Crippen LogP contribution in [0.15, 0.2) is 134 Å². The van der Waals surface area contributed by atoms with Gasteiger partial charge in [-0.25, -0.2) is 0 Å². The molecule has 3 fully saturated rings. The van der Waals surface area contributed by atoms with Gasteiger partial charge in [-0.1, -0.05) is 366 Å². The van der Waals surface area contributed by atoms with Gasteiger partial charge in [0.15, 0.2) is 18.9 Å². The quantitative estimate of drug-likeness (QED) is 0.0199. The van der Waals surface area contributed by atoms with Crippen LogP contribution in [0.2, 0.25) is 0 Å². The van der Waals surface area contributed by atoms with E-state index in [1.807, 2.05) is 6.08 Å². The van der Waals surface area contributed by atoms with Gasteiger partial charge in [0.25, 0.3) is 0 Å². The fourth-order valence-corrected chi connectivity index (χ4v) is 14.7. The van der Waals surface area contributed by atoms with Gasteiger partial charge in [0.2, 0.25) is 5.91 Å². The molecule has 0 radical (unpaired) electrons. The minimum Gasteiger partial charge on any atom is -0.394 e. The Morgan fingerprint density at radius 3 is 0.939 bits per heavy atom. The molecule has 17 unspecified atom stereocenters. The van der Waals surface area contributed by atoms with Crippen LogP contribution in [0.3, 0.4) is 0 Å². The zero-order valence-electron chi connectivity index (χ0n) is 71.5. The number of rotatable bonds is 73. The Morgan fingerprint density at radius 1 is 0.322 bits per heavy atom. The molecule has 3 saturated heterocycles. The lowest BCUT2D eigenvalue weighted by Gasteiger charge is -2.48. The number of carbonyl (C=O) groups excluding carboxylic acids is 1. The molecule has 0 spiro atoms. The molecule has 0 saturated carbocycles. The largest absolute Gasteiger partial charge is 0.394 e. The molecule has 1 amide bonds. The van der Waals surface area contributed by atoms with Crippen molar-refractivity contribution in [1.82, 2.24) is 5.32 Å². The molecule has 0 aromatic rings. The van der Waals surface area contributed by atoms with Crippen molar-refractivity contribution in [1.29, 1.82) is 0 Å². The van der Waals surface area contributed by atoms with Crippen molar-refractivity contribution in [3.05, 3.63) is 134 Å². The average Bonchev–Trinajstić information content (AvgIpc) is 0.779. The molecule has 3 rings (SSSR count). The van der Waals surface area contributed by atoms with Crippen LogP contribution < -0.4 is 5.32 Å². The van der Waals surface area contributed by atoms with Gasteiger partial charge in [0.1, 0.15) is 73.2 Å². The maximum atomic E-state index is 13.5. The van der Waals surface area contributed by atoms with E-state index in [4.69, 9.17) is 28.4 Å². The van der Waals surface area contributed by atoms with Crippen molar-refractivity contribution in [3.8, 4) is 0 Å². The zero-order valence-corrected chi connectivity index (χ0v) is 71.5. The molecule has 12 N–H and O–H groups in total. The van der Waals surface area contributed by atoms with E-state index in [1.165, 1.54) is 173 Å². The molecule has 115 heavy (non-hydrogen) atoms. The van der Waals surface area contributed by atoms with E-state index < -0.39 is 124 Å². The van der Waals surface area contributed by atoms with Gasteiger partial charge >= 0.3 is 0 Å². The lowest BCUT2D eigenvalue weighted by atomic mass is 9.96. The van der Waals surface area contributed by atoms with Crippen LogP contribution in [0, 0.1) is 0 Å². The molecule has 662 valence electrons. The highest BCUT2D eigenvalue weighted by molar-refractivity contribution is 5.76. The first-order valence-corrected chi connectivity index (χ1v) is 45.9. The number of unbranched alkanes of at least 4 members (excludes halogenated alkanes) is 37. The van der Waals surface area contributed by atoms with Crippen LogP contribution in [-0.2, 0) is 33.2 Å². The first kappa shape index (κ1) is 105. The van der Waals surface area contributed by atoms with Gasteiger partial charge in [0.05, 0.1) is 38.6 Å². The van der Waals surface area contributed by atoms with Crippen molar-refractivity contribution in [3.63, 3.8) is 0 Å². The second-order valence-electron chi connectivity index (χ2n) is 32.0. The highest BCUT2D eigenvalue weighted by atomic mass is 16.8. The number of aliphatic hydroxyl groups is 11. The fourth-order valence-electron chi connectivity index (χ4n) is 14.7. The summed E-state index contributed by atoms with van der Waals surface area (Å²) in [7, 11) is 0. The molecule has 0 aromatic carbocycles. The average molecular weight is 1620 g/mol. The van der Waals surface area contributed by atoms with Crippen LogP contribution in [-0.4, -0.2) is 193 Å². The first-order valence-electron chi connectivity index (χ1n) is 45.9. The van der Waals surface area contributed by atoms with E-state index in [1.54, 1.807) is 6.08 Å². The maximum absolute atomic E-state index is 13.5. The lowest BCUT2D eigenvalue weighted by molar-refractivity contribution is -0.379. The van der Waals surface area contributed by atoms with Gasteiger partial charge in [-0.15, -0.1) is 0 Å². The number of hydrogen-bond acceptors (Lipinski definition) is 18. The van der Waals surface area contributed by atoms with Gasteiger partial charge < -0.3 is 89.9 Å². The van der Waals surface area contributed by atoms with E-state index in [0.29, 0.717) is 6.42 Å². The lowest BCUT2D eigenvalue weighted by Crippen LogP contribution is -2.66. The minimum atomic E-state index is -1.99. The second-order valence-corrected chi connectivity index (χ2v) is 32.0. The molecule has 19 nitrogen and oxygen atoms in total. The van der Waals surface area contributed by atoms with E-state index in [-0.39, 0.29) is 18.9 Å². The third kappa shape index (κ3) is 52.0. The van der Waals surface area contributed by atoms with E-state index in [9.17, 15) is 61.0 Å². The summed E-state index contributed by atoms with van der Waals surface area (Å²) in [5.74, 6) is -0.285. The van der Waals surface area contributed by atoms with Crippen molar-refractivity contribution in [2.45, 2.75) is 439 Å². The Morgan fingerprint density at radius 2 is 0.600 bits per heavy atom. The summed E-state index contributed by atoms with van der Waals surface area (Å²) in [5.41, 5.74) is 0. The Labute approximate surface area is 696 Å². The standard InChI is InChI=1S/C96H165NO18/c1-3-5-7-9-11-13-15-17-19-21-23-25-27-29-31-33-35-36-37-38-39-40-41-42-44-46-48-50-52-54-56-58-60-62-64-66-68-70-72-74-84(102)97-79(80(101)73-71-69-67-65-63-61-59-57-55-53-51-49-47-45-43-34-32-30-28-26-24-22-20-18-16-14-12-10-8-6-4-2)78-110-94-90(108)87(105)92(82(76-99)112-94)115-96-91(109)88(106)93(83(77-100)113-96)114-95-89(107)86(104)85(103)81(75-98)111-95/h5,7,11,13,17,19,23,25,29,31,35-36,38-39,41-42,46,48,52,54,71,73,79-83,85-96,98-101,103-109H,3-4,6,8-10,12,14-16,18,20-22,24,26-28,30,32-34,37,40,43-45,47,49-51,53,55-70,72,74-78H2,1-2H3,(H,97,102)/b7-5-,13-11-,19-17-,25-23-,31-29-,36-35-,39-38-,42-41-,48-46-,54-52-,73-71+. The van der Waals surface area contributed by atoms with Crippen molar-refractivity contribution < 1.29 is 89.4 Å². The maximum Gasteiger partial charge on any atom is 0.220 e. The smallest absolute Gasteiger partial charge is 0.220 e.